The third-order valence-corrected chi connectivity index (χ3v) is 3.59. The Morgan fingerprint density at radius 1 is 1.21 bits per heavy atom. The predicted octanol–water partition coefficient (Wildman–Crippen LogP) is 2.70. The van der Waals surface area contributed by atoms with Crippen molar-refractivity contribution in [1.82, 2.24) is 0 Å². The third-order valence-electron chi connectivity index (χ3n) is 3.59. The summed E-state index contributed by atoms with van der Waals surface area (Å²) in [5.74, 6) is 1.36. The zero-order chi connectivity index (χ0) is 13.7. The maximum absolute atomic E-state index is 10.3. The van der Waals surface area contributed by atoms with Crippen LogP contribution in [0.3, 0.4) is 0 Å². The van der Waals surface area contributed by atoms with Gasteiger partial charge in [-0.25, -0.2) is 0 Å². The van der Waals surface area contributed by atoms with Crippen LogP contribution < -0.4 is 9.47 Å². The van der Waals surface area contributed by atoms with Crippen LogP contribution in [0.1, 0.15) is 37.4 Å². The van der Waals surface area contributed by atoms with E-state index in [1.54, 1.807) is 26.4 Å². The number of methoxy groups -OCH3 is 2. The van der Waals surface area contributed by atoms with Gasteiger partial charge in [-0.1, -0.05) is 12.8 Å². The summed E-state index contributed by atoms with van der Waals surface area (Å²) in [4.78, 5) is 0. The van der Waals surface area contributed by atoms with Crippen LogP contribution in [0.25, 0.3) is 0 Å². The van der Waals surface area contributed by atoms with Crippen molar-refractivity contribution in [3.63, 3.8) is 0 Å². The normalized spacial score (nSPS) is 17.4. The largest absolute Gasteiger partial charge is 0.497 e. The Bertz CT molecular complexity index is 399. The number of hydrogen-bond donors (Lipinski definition) is 1. The Hall–Kier alpha value is -1.26. The van der Waals surface area contributed by atoms with Gasteiger partial charge in [0.15, 0.2) is 0 Å². The summed E-state index contributed by atoms with van der Waals surface area (Å²) in [6.45, 7) is 0.300. The molecule has 1 unspecified atom stereocenters. The van der Waals surface area contributed by atoms with Crippen LogP contribution in [0, 0.1) is 0 Å². The van der Waals surface area contributed by atoms with Crippen molar-refractivity contribution in [3.05, 3.63) is 23.8 Å². The van der Waals surface area contributed by atoms with Crippen molar-refractivity contribution in [2.45, 2.75) is 37.9 Å². The molecule has 1 aliphatic carbocycles. The second-order valence-corrected chi connectivity index (χ2v) is 4.86. The molecule has 0 saturated heterocycles. The van der Waals surface area contributed by atoms with E-state index in [1.165, 1.54) is 12.8 Å². The minimum Gasteiger partial charge on any atom is -0.497 e. The average Bonchev–Trinajstić information content (AvgIpc) is 2.97. The lowest BCUT2D eigenvalue weighted by Crippen LogP contribution is -2.15. The van der Waals surface area contributed by atoms with E-state index >= 15 is 0 Å². The third kappa shape index (κ3) is 3.61. The summed E-state index contributed by atoms with van der Waals surface area (Å²) in [6, 6.07) is 5.40. The van der Waals surface area contributed by atoms with Gasteiger partial charge in [-0.3, -0.25) is 0 Å². The van der Waals surface area contributed by atoms with Crippen molar-refractivity contribution in [2.24, 2.45) is 0 Å². The minimum atomic E-state index is -0.689. The van der Waals surface area contributed by atoms with E-state index in [1.807, 2.05) is 6.07 Å². The zero-order valence-electron chi connectivity index (χ0n) is 11.6. The molecule has 1 aromatic rings. The Balaban J connectivity index is 2.01. The molecule has 0 aliphatic heterocycles. The Morgan fingerprint density at radius 3 is 2.58 bits per heavy atom. The smallest absolute Gasteiger partial charge is 0.125 e. The molecular formula is C15H22O4. The molecule has 0 aromatic heterocycles. The van der Waals surface area contributed by atoms with Crippen LogP contribution >= 0.6 is 0 Å². The molecule has 4 nitrogen and oxygen atoms in total. The number of benzene rings is 1. The van der Waals surface area contributed by atoms with Crippen LogP contribution in [0.4, 0.5) is 0 Å². The van der Waals surface area contributed by atoms with Crippen molar-refractivity contribution < 1.29 is 19.3 Å². The summed E-state index contributed by atoms with van der Waals surface area (Å²) in [6.07, 6.45) is 4.26. The van der Waals surface area contributed by atoms with E-state index in [4.69, 9.17) is 14.2 Å². The van der Waals surface area contributed by atoms with Crippen molar-refractivity contribution in [3.8, 4) is 11.5 Å². The van der Waals surface area contributed by atoms with Gasteiger partial charge in [-0.05, 0) is 31.0 Å². The molecule has 1 N–H and O–H groups in total. The second-order valence-electron chi connectivity index (χ2n) is 4.86. The Labute approximate surface area is 114 Å². The number of aliphatic hydroxyl groups excluding tert-OH is 1. The van der Waals surface area contributed by atoms with Crippen molar-refractivity contribution >= 4 is 0 Å². The van der Waals surface area contributed by atoms with E-state index in [0.29, 0.717) is 29.8 Å². The van der Waals surface area contributed by atoms with E-state index in [9.17, 15) is 5.11 Å². The molecule has 2 rings (SSSR count). The standard InChI is InChI=1S/C15H22O4/c1-17-12-7-8-15(18-2)13(9-12)14(16)10-19-11-5-3-4-6-11/h7-9,11,14,16H,3-6,10H2,1-2H3. The molecule has 106 valence electrons. The molecule has 0 spiro atoms. The molecule has 0 heterocycles. The van der Waals surface area contributed by atoms with Gasteiger partial charge in [0.05, 0.1) is 26.9 Å². The maximum atomic E-state index is 10.3. The first-order chi connectivity index (χ1) is 9.24. The molecule has 1 aliphatic rings. The molecular weight excluding hydrogens is 244 g/mol. The Kier molecular flexibility index (Phi) is 5.05. The van der Waals surface area contributed by atoms with E-state index < -0.39 is 6.10 Å². The molecule has 0 amide bonds. The molecule has 4 heteroatoms. The summed E-state index contributed by atoms with van der Waals surface area (Å²) < 4.78 is 16.2. The molecule has 1 saturated carbocycles. The van der Waals surface area contributed by atoms with Crippen LogP contribution in [-0.2, 0) is 4.74 Å². The van der Waals surface area contributed by atoms with Crippen LogP contribution in [-0.4, -0.2) is 32.0 Å². The first-order valence-electron chi connectivity index (χ1n) is 6.76. The first-order valence-corrected chi connectivity index (χ1v) is 6.76. The van der Waals surface area contributed by atoms with Crippen molar-refractivity contribution in [2.75, 3.05) is 20.8 Å². The fraction of sp³-hybridized carbons (Fsp3) is 0.600. The van der Waals surface area contributed by atoms with E-state index in [-0.39, 0.29) is 0 Å². The number of rotatable bonds is 6. The number of aliphatic hydroxyl groups is 1. The van der Waals surface area contributed by atoms with Crippen molar-refractivity contribution in [1.29, 1.82) is 0 Å². The first kappa shape index (κ1) is 14.2. The van der Waals surface area contributed by atoms with E-state index in [0.717, 1.165) is 12.8 Å². The summed E-state index contributed by atoms with van der Waals surface area (Å²) in [5.41, 5.74) is 0.708. The Morgan fingerprint density at radius 2 is 1.95 bits per heavy atom. The molecule has 1 atom stereocenters. The van der Waals surface area contributed by atoms with Gasteiger partial charge < -0.3 is 19.3 Å². The lowest BCUT2D eigenvalue weighted by molar-refractivity contribution is -0.00777. The van der Waals surface area contributed by atoms with E-state index in [2.05, 4.69) is 0 Å². The average molecular weight is 266 g/mol. The zero-order valence-corrected chi connectivity index (χ0v) is 11.6. The van der Waals surface area contributed by atoms with Gasteiger partial charge in [0.2, 0.25) is 0 Å². The molecule has 1 aromatic carbocycles. The fourth-order valence-electron chi connectivity index (χ4n) is 2.47. The maximum Gasteiger partial charge on any atom is 0.125 e. The van der Waals surface area contributed by atoms with Gasteiger partial charge in [0.25, 0.3) is 0 Å². The summed E-state index contributed by atoms with van der Waals surface area (Å²) in [7, 11) is 3.20. The van der Waals surface area contributed by atoms with Crippen LogP contribution in [0.5, 0.6) is 11.5 Å². The molecule has 1 fully saturated rings. The van der Waals surface area contributed by atoms with Gasteiger partial charge in [-0.15, -0.1) is 0 Å². The van der Waals surface area contributed by atoms with Crippen LogP contribution in [0.2, 0.25) is 0 Å². The number of ether oxygens (including phenoxy) is 3. The van der Waals surface area contributed by atoms with Gasteiger partial charge in [0.1, 0.15) is 17.6 Å². The topological polar surface area (TPSA) is 47.9 Å². The SMILES string of the molecule is COc1ccc(OC)c(C(O)COC2CCCC2)c1. The quantitative estimate of drug-likeness (QED) is 0.860. The fourth-order valence-corrected chi connectivity index (χ4v) is 2.47. The number of hydrogen-bond acceptors (Lipinski definition) is 4. The lowest BCUT2D eigenvalue weighted by Gasteiger charge is -2.18. The molecule has 0 radical (unpaired) electrons. The van der Waals surface area contributed by atoms with Gasteiger partial charge >= 0.3 is 0 Å². The molecule has 0 bridgehead atoms. The van der Waals surface area contributed by atoms with Crippen LogP contribution in [0.15, 0.2) is 18.2 Å². The highest BCUT2D eigenvalue weighted by atomic mass is 16.5. The summed E-state index contributed by atoms with van der Waals surface area (Å²) >= 11 is 0. The monoisotopic (exact) mass is 266 g/mol. The second kappa shape index (κ2) is 6.78. The highest BCUT2D eigenvalue weighted by Gasteiger charge is 2.19. The van der Waals surface area contributed by atoms with Gasteiger partial charge in [-0.2, -0.15) is 0 Å². The lowest BCUT2D eigenvalue weighted by atomic mass is 10.1. The summed E-state index contributed by atoms with van der Waals surface area (Å²) in [5, 5.41) is 10.3. The predicted molar refractivity (Wildman–Crippen MR) is 72.7 cm³/mol. The van der Waals surface area contributed by atoms with Gasteiger partial charge in [0, 0.05) is 5.56 Å². The molecule has 19 heavy (non-hydrogen) atoms. The highest BCUT2D eigenvalue weighted by Crippen LogP contribution is 2.30. The highest BCUT2D eigenvalue weighted by molar-refractivity contribution is 5.41. The minimum absolute atomic E-state index is 0.297.